The van der Waals surface area contributed by atoms with Crippen LogP contribution in [0.25, 0.3) is 11.5 Å². The number of aryl methyl sites for hydroxylation is 1. The van der Waals surface area contributed by atoms with E-state index < -0.39 is 5.91 Å². The number of nitrogens with zero attached hydrogens (tertiary/aromatic N) is 3. The quantitative estimate of drug-likeness (QED) is 0.610. The highest BCUT2D eigenvalue weighted by Crippen LogP contribution is 2.25. The number of rotatable bonds is 6. The number of pyridine rings is 1. The van der Waals surface area contributed by atoms with Crippen molar-refractivity contribution in [2.24, 2.45) is 11.7 Å². The van der Waals surface area contributed by atoms with Gasteiger partial charge in [-0.15, -0.1) is 0 Å². The van der Waals surface area contributed by atoms with Gasteiger partial charge in [0.05, 0.1) is 11.5 Å². The van der Waals surface area contributed by atoms with Crippen LogP contribution in [0.4, 0.5) is 5.82 Å². The molecule has 0 radical (unpaired) electrons. The van der Waals surface area contributed by atoms with Crippen LogP contribution < -0.4 is 10.6 Å². The molecule has 0 unspecified atom stereocenters. The van der Waals surface area contributed by atoms with Gasteiger partial charge in [0, 0.05) is 24.8 Å². The van der Waals surface area contributed by atoms with Crippen molar-refractivity contribution in [1.82, 2.24) is 9.97 Å². The second-order valence-corrected chi connectivity index (χ2v) is 7.53. The highest BCUT2D eigenvalue weighted by atomic mass is 16.5. The van der Waals surface area contributed by atoms with E-state index in [1.54, 1.807) is 12.1 Å². The average Bonchev–Trinajstić information content (AvgIpc) is 3.18. The lowest BCUT2D eigenvalue weighted by Crippen LogP contribution is -2.37. The molecule has 8 nitrogen and oxygen atoms in total. The molecule has 0 bridgehead atoms. The Labute approximate surface area is 180 Å². The third kappa shape index (κ3) is 4.74. The van der Waals surface area contributed by atoms with E-state index >= 15 is 0 Å². The number of nitrogens with two attached hydrogens (primary N) is 1. The normalized spacial score (nSPS) is 14.4. The van der Waals surface area contributed by atoms with Crippen molar-refractivity contribution in [2.75, 3.05) is 18.0 Å². The molecule has 3 heterocycles. The molecule has 0 aliphatic carbocycles. The van der Waals surface area contributed by atoms with Gasteiger partial charge in [0.25, 0.3) is 0 Å². The first kappa shape index (κ1) is 20.6. The maximum atomic E-state index is 12.6. The first-order valence-electron chi connectivity index (χ1n) is 10.2. The maximum absolute atomic E-state index is 12.6. The molecule has 160 valence electrons. The van der Waals surface area contributed by atoms with Crippen molar-refractivity contribution in [3.05, 3.63) is 65.7 Å². The van der Waals surface area contributed by atoms with Crippen LogP contribution in [0, 0.1) is 12.8 Å². The van der Waals surface area contributed by atoms with Crippen molar-refractivity contribution >= 4 is 17.7 Å². The minimum atomic E-state index is -0.501. The Morgan fingerprint density at radius 1 is 1.16 bits per heavy atom. The van der Waals surface area contributed by atoms with E-state index in [0.29, 0.717) is 48.8 Å². The topological polar surface area (TPSA) is 112 Å². The summed E-state index contributed by atoms with van der Waals surface area (Å²) in [5, 5.41) is 0. The lowest BCUT2D eigenvalue weighted by atomic mass is 9.97. The Morgan fingerprint density at radius 3 is 2.55 bits per heavy atom. The number of aromatic nitrogens is 2. The second-order valence-electron chi connectivity index (χ2n) is 7.53. The van der Waals surface area contributed by atoms with Crippen molar-refractivity contribution < 1.29 is 18.7 Å². The van der Waals surface area contributed by atoms with Crippen molar-refractivity contribution in [1.29, 1.82) is 0 Å². The van der Waals surface area contributed by atoms with Gasteiger partial charge in [-0.2, -0.15) is 0 Å². The molecule has 8 heteroatoms. The van der Waals surface area contributed by atoms with E-state index in [2.05, 4.69) is 14.9 Å². The van der Waals surface area contributed by atoms with Crippen LogP contribution in [0.5, 0.6) is 0 Å². The molecule has 0 saturated carbocycles. The number of carbonyl (C=O) groups is 2. The number of ether oxygens (including phenoxy) is 1. The molecule has 1 amide bonds. The summed E-state index contributed by atoms with van der Waals surface area (Å²) >= 11 is 0. The number of primary amides is 1. The number of amides is 1. The predicted octanol–water partition coefficient (Wildman–Crippen LogP) is 3.10. The second kappa shape index (κ2) is 8.99. The number of hydrogen-bond acceptors (Lipinski definition) is 7. The zero-order valence-electron chi connectivity index (χ0n) is 17.3. The van der Waals surface area contributed by atoms with E-state index in [1.165, 1.54) is 6.20 Å². The first-order valence-corrected chi connectivity index (χ1v) is 10.2. The van der Waals surface area contributed by atoms with Gasteiger partial charge in [-0.1, -0.05) is 18.2 Å². The zero-order chi connectivity index (χ0) is 21.8. The highest BCUT2D eigenvalue weighted by Gasteiger charge is 2.27. The van der Waals surface area contributed by atoms with E-state index in [1.807, 2.05) is 37.3 Å². The summed E-state index contributed by atoms with van der Waals surface area (Å²) in [6.07, 6.45) is 2.82. The van der Waals surface area contributed by atoms with Crippen molar-refractivity contribution in [2.45, 2.75) is 26.4 Å². The fraction of sp³-hybridized carbons (Fsp3) is 0.304. The lowest BCUT2D eigenvalue weighted by molar-refractivity contribution is -0.150. The summed E-state index contributed by atoms with van der Waals surface area (Å²) in [6.45, 7) is 3.28. The number of piperidine rings is 1. The zero-order valence-corrected chi connectivity index (χ0v) is 17.3. The van der Waals surface area contributed by atoms with Crippen molar-refractivity contribution in [3.8, 4) is 11.5 Å². The fourth-order valence-corrected chi connectivity index (χ4v) is 3.59. The predicted molar refractivity (Wildman–Crippen MR) is 114 cm³/mol. The number of anilines is 1. The first-order chi connectivity index (χ1) is 15.0. The molecule has 2 N–H and O–H groups in total. The molecule has 31 heavy (non-hydrogen) atoms. The van der Waals surface area contributed by atoms with Gasteiger partial charge in [0.15, 0.2) is 0 Å². The molecule has 0 atom stereocenters. The number of benzene rings is 1. The number of carbonyl (C=O) groups excluding carboxylic acids is 2. The van der Waals surface area contributed by atoms with E-state index in [9.17, 15) is 9.59 Å². The van der Waals surface area contributed by atoms with Crippen LogP contribution in [0.3, 0.4) is 0 Å². The van der Waals surface area contributed by atoms with Crippen LogP contribution in [0.15, 0.2) is 53.1 Å². The summed E-state index contributed by atoms with van der Waals surface area (Å²) in [6, 6.07) is 13.0. The van der Waals surface area contributed by atoms with E-state index in [-0.39, 0.29) is 18.5 Å². The number of hydrogen-bond donors (Lipinski definition) is 1. The van der Waals surface area contributed by atoms with Gasteiger partial charge in [0.2, 0.25) is 11.8 Å². The molecule has 1 aliphatic rings. The van der Waals surface area contributed by atoms with Gasteiger partial charge in [0.1, 0.15) is 23.9 Å². The van der Waals surface area contributed by atoms with Gasteiger partial charge in [-0.05, 0) is 44.0 Å². The van der Waals surface area contributed by atoms with Gasteiger partial charge in [-0.25, -0.2) is 9.97 Å². The number of oxazole rings is 1. The Hall–Kier alpha value is -3.68. The van der Waals surface area contributed by atoms with Crippen LogP contribution in [0.2, 0.25) is 0 Å². The molecular weight excluding hydrogens is 396 g/mol. The molecule has 1 aromatic carbocycles. The number of esters is 1. The Balaban J connectivity index is 1.30. The monoisotopic (exact) mass is 420 g/mol. The third-order valence-electron chi connectivity index (χ3n) is 5.45. The Morgan fingerprint density at radius 2 is 1.90 bits per heavy atom. The summed E-state index contributed by atoms with van der Waals surface area (Å²) in [7, 11) is 0. The minimum Gasteiger partial charge on any atom is -0.459 e. The Bertz CT molecular complexity index is 1050. The van der Waals surface area contributed by atoms with Gasteiger partial charge < -0.3 is 19.8 Å². The smallest absolute Gasteiger partial charge is 0.309 e. The van der Waals surface area contributed by atoms with Gasteiger partial charge in [-0.3, -0.25) is 9.59 Å². The van der Waals surface area contributed by atoms with Crippen LogP contribution in [-0.2, 0) is 16.1 Å². The molecule has 1 fully saturated rings. The third-order valence-corrected chi connectivity index (χ3v) is 5.45. The molecule has 0 spiro atoms. The van der Waals surface area contributed by atoms with E-state index in [4.69, 9.17) is 14.9 Å². The largest absolute Gasteiger partial charge is 0.459 e. The summed E-state index contributed by atoms with van der Waals surface area (Å²) in [5.41, 5.74) is 7.14. The lowest BCUT2D eigenvalue weighted by Gasteiger charge is -2.31. The molecular formula is C23H24N4O4. The summed E-state index contributed by atoms with van der Waals surface area (Å²) < 4.78 is 11.3. The van der Waals surface area contributed by atoms with Crippen molar-refractivity contribution in [3.63, 3.8) is 0 Å². The van der Waals surface area contributed by atoms with Crippen LogP contribution in [0.1, 0.15) is 34.7 Å². The molecule has 1 saturated heterocycles. The fourth-order valence-electron chi connectivity index (χ4n) is 3.59. The van der Waals surface area contributed by atoms with Crippen LogP contribution in [-0.4, -0.2) is 34.9 Å². The molecule has 4 rings (SSSR count). The Kier molecular flexibility index (Phi) is 5.97. The molecule has 3 aromatic rings. The SMILES string of the molecule is Cc1oc(-c2ccccc2)nc1COC(=O)C1CCN(c2ccc(C(N)=O)cn2)CC1. The van der Waals surface area contributed by atoms with E-state index in [0.717, 1.165) is 11.4 Å². The highest BCUT2D eigenvalue weighted by molar-refractivity contribution is 5.92. The van der Waals surface area contributed by atoms with Crippen LogP contribution >= 0.6 is 0 Å². The molecule has 2 aromatic heterocycles. The maximum Gasteiger partial charge on any atom is 0.309 e. The minimum absolute atomic E-state index is 0.0946. The standard InChI is InChI=1S/C23H24N4O4/c1-15-19(26-22(31-15)16-5-3-2-4-6-16)14-30-23(29)17-9-11-27(12-10-17)20-8-7-18(13-25-20)21(24)28/h2-8,13,17H,9-12,14H2,1H3,(H2,24,28). The molecule has 1 aliphatic heterocycles. The summed E-state index contributed by atoms with van der Waals surface area (Å²) in [4.78, 5) is 34.6. The van der Waals surface area contributed by atoms with Gasteiger partial charge >= 0.3 is 5.97 Å². The summed E-state index contributed by atoms with van der Waals surface area (Å²) in [5.74, 6) is 1.05. The average molecular weight is 420 g/mol.